The number of nitrogens with two attached hydrogens (primary N) is 1. The van der Waals surface area contributed by atoms with Crippen LogP contribution in [0.4, 0.5) is 4.79 Å². The van der Waals surface area contributed by atoms with Gasteiger partial charge in [0.25, 0.3) is 0 Å². The average Bonchev–Trinajstić information content (AvgIpc) is 2.42. The molecule has 1 heterocycles. The van der Waals surface area contributed by atoms with Crippen LogP contribution in [0.2, 0.25) is 0 Å². The molecule has 2 amide bonds. The van der Waals surface area contributed by atoms with Crippen LogP contribution in [0.1, 0.15) is 6.92 Å². The van der Waals surface area contributed by atoms with E-state index in [1.54, 1.807) is 25.4 Å². The Morgan fingerprint density at radius 1 is 1.47 bits per heavy atom. The van der Waals surface area contributed by atoms with Gasteiger partial charge in [0, 0.05) is 12.4 Å². The molecule has 0 aromatic carbocycles. The molecule has 0 aliphatic carbocycles. The van der Waals surface area contributed by atoms with Crippen molar-refractivity contribution in [2.45, 2.75) is 17.3 Å². The topological polar surface area (TPSA) is 120 Å². The fraction of sp³-hybridized carbons (Fsp3) is 0.300. The monoisotopic (exact) mass is 283 g/mol. The first-order valence-corrected chi connectivity index (χ1v) is 6.03. The molecule has 1 rings (SSSR count). The summed E-state index contributed by atoms with van der Waals surface area (Å²) >= 11 is 1.06. The van der Waals surface area contributed by atoms with Gasteiger partial charge in [0.2, 0.25) is 0 Å². The van der Waals surface area contributed by atoms with E-state index < -0.39 is 17.3 Å². The van der Waals surface area contributed by atoms with Gasteiger partial charge in [-0.05, 0) is 13.0 Å². The number of hydrazone groups is 1. The quantitative estimate of drug-likeness (QED) is 0.261. The summed E-state index contributed by atoms with van der Waals surface area (Å²) in [6, 6.07) is 0.844. The van der Waals surface area contributed by atoms with Crippen molar-refractivity contribution in [3.05, 3.63) is 18.5 Å². The lowest BCUT2D eigenvalue weighted by Crippen LogP contribution is -2.31. The predicted octanol–water partition coefficient (Wildman–Crippen LogP) is 0.154. The number of esters is 1. The fourth-order valence-corrected chi connectivity index (χ4v) is 1.93. The third kappa shape index (κ3) is 4.92. The maximum Gasteiger partial charge on any atom is 0.332 e. The number of methoxy groups -OCH3 is 1. The van der Waals surface area contributed by atoms with Gasteiger partial charge >= 0.3 is 12.0 Å². The lowest BCUT2D eigenvalue weighted by atomic mass is 10.3. The van der Waals surface area contributed by atoms with Crippen LogP contribution in [0.5, 0.6) is 0 Å². The van der Waals surface area contributed by atoms with Gasteiger partial charge in [-0.3, -0.25) is 4.79 Å². The van der Waals surface area contributed by atoms with E-state index in [1.165, 1.54) is 7.11 Å². The average molecular weight is 283 g/mol. The van der Waals surface area contributed by atoms with Gasteiger partial charge in [-0.25, -0.2) is 20.2 Å². The Morgan fingerprint density at radius 2 is 2.11 bits per heavy atom. The van der Waals surface area contributed by atoms with Gasteiger partial charge in [0.15, 0.2) is 5.16 Å². The second-order valence-electron chi connectivity index (χ2n) is 3.28. The Kier molecular flexibility index (Phi) is 5.73. The smallest absolute Gasteiger partial charge is 0.332 e. The Labute approximate surface area is 113 Å². The molecule has 0 aliphatic heterocycles. The predicted molar refractivity (Wildman–Crippen MR) is 69.5 cm³/mol. The van der Waals surface area contributed by atoms with Crippen molar-refractivity contribution in [3.63, 3.8) is 0 Å². The van der Waals surface area contributed by atoms with Gasteiger partial charge in [0.05, 0.1) is 12.8 Å². The van der Waals surface area contributed by atoms with Crippen molar-refractivity contribution in [1.29, 1.82) is 0 Å². The van der Waals surface area contributed by atoms with E-state index in [1.807, 2.05) is 0 Å². The first-order chi connectivity index (χ1) is 9.04. The second kappa shape index (κ2) is 7.31. The van der Waals surface area contributed by atoms with Crippen LogP contribution >= 0.6 is 11.8 Å². The number of thioether (sulfide) groups is 1. The highest BCUT2D eigenvalue weighted by molar-refractivity contribution is 8.01. The fourth-order valence-electron chi connectivity index (χ4n) is 1.06. The van der Waals surface area contributed by atoms with E-state index >= 15 is 0 Å². The number of urea groups is 1. The summed E-state index contributed by atoms with van der Waals surface area (Å²) in [5, 5.41) is 3.33. The summed E-state index contributed by atoms with van der Waals surface area (Å²) in [6.45, 7) is 1.56. The zero-order chi connectivity index (χ0) is 14.3. The number of amides is 2. The van der Waals surface area contributed by atoms with Crippen molar-refractivity contribution in [1.82, 2.24) is 15.4 Å². The molecule has 0 saturated carbocycles. The molecule has 3 N–H and O–H groups in total. The molecule has 9 heteroatoms. The van der Waals surface area contributed by atoms with E-state index in [9.17, 15) is 9.59 Å². The van der Waals surface area contributed by atoms with E-state index in [4.69, 9.17) is 5.73 Å². The molecule has 0 radical (unpaired) electrons. The van der Waals surface area contributed by atoms with Crippen molar-refractivity contribution < 1.29 is 14.3 Å². The van der Waals surface area contributed by atoms with Crippen LogP contribution in [0.3, 0.4) is 0 Å². The first kappa shape index (κ1) is 14.9. The van der Waals surface area contributed by atoms with Crippen LogP contribution in [0.25, 0.3) is 0 Å². The molecule has 0 fully saturated rings. The van der Waals surface area contributed by atoms with E-state index in [-0.39, 0.29) is 0 Å². The highest BCUT2D eigenvalue weighted by Crippen LogP contribution is 2.21. The molecule has 0 bridgehead atoms. The van der Waals surface area contributed by atoms with Crippen molar-refractivity contribution >= 4 is 29.5 Å². The number of aromatic nitrogens is 2. The zero-order valence-corrected chi connectivity index (χ0v) is 11.2. The first-order valence-electron chi connectivity index (χ1n) is 5.15. The number of carbonyl (C=O) groups is 2. The number of nitrogens with zero attached hydrogens (tertiary/aromatic N) is 3. The SMILES string of the molecule is COC(=O)C(Sc1ncccn1)/C(C)=N\NC(N)=O. The number of nitrogens with one attached hydrogen (secondary N) is 1. The van der Waals surface area contributed by atoms with E-state index in [2.05, 4.69) is 25.2 Å². The second-order valence-corrected chi connectivity index (χ2v) is 4.35. The minimum Gasteiger partial charge on any atom is -0.468 e. The number of hydrogen-bond acceptors (Lipinski definition) is 7. The Morgan fingerprint density at radius 3 is 2.63 bits per heavy atom. The van der Waals surface area contributed by atoms with Gasteiger partial charge < -0.3 is 10.5 Å². The van der Waals surface area contributed by atoms with E-state index in [0.29, 0.717) is 10.9 Å². The Bertz CT molecular complexity index is 479. The standard InChI is InChI=1S/C10H13N5O3S/c1-6(14-15-9(11)17)7(8(16)18-2)19-10-12-4-3-5-13-10/h3-5,7H,1-2H3,(H3,11,15,17)/b14-6-. The Balaban J connectivity index is 2.86. The molecular formula is C10H13N5O3S. The van der Waals surface area contributed by atoms with Gasteiger partial charge in [0.1, 0.15) is 5.25 Å². The molecule has 102 valence electrons. The van der Waals surface area contributed by atoms with Gasteiger partial charge in [-0.15, -0.1) is 0 Å². The minimum atomic E-state index is -0.816. The lowest BCUT2D eigenvalue weighted by Gasteiger charge is -2.12. The summed E-state index contributed by atoms with van der Waals surface area (Å²) < 4.78 is 4.67. The summed E-state index contributed by atoms with van der Waals surface area (Å²) in [5.74, 6) is -0.523. The van der Waals surface area contributed by atoms with Gasteiger partial charge in [-0.2, -0.15) is 5.10 Å². The molecule has 0 spiro atoms. The van der Waals surface area contributed by atoms with Crippen molar-refractivity contribution in [2.75, 3.05) is 7.11 Å². The largest absolute Gasteiger partial charge is 0.468 e. The highest BCUT2D eigenvalue weighted by Gasteiger charge is 2.25. The number of carbonyl (C=O) groups excluding carboxylic acids is 2. The molecular weight excluding hydrogens is 270 g/mol. The minimum absolute atomic E-state index is 0.322. The molecule has 1 aromatic heterocycles. The van der Waals surface area contributed by atoms with Crippen LogP contribution in [-0.4, -0.2) is 40.0 Å². The third-order valence-electron chi connectivity index (χ3n) is 1.90. The van der Waals surface area contributed by atoms with Crippen LogP contribution in [0.15, 0.2) is 28.7 Å². The lowest BCUT2D eigenvalue weighted by molar-refractivity contribution is -0.138. The van der Waals surface area contributed by atoms with E-state index in [0.717, 1.165) is 11.8 Å². The summed E-state index contributed by atoms with van der Waals surface area (Å²) in [6.07, 6.45) is 3.11. The maximum absolute atomic E-state index is 11.7. The van der Waals surface area contributed by atoms with Crippen LogP contribution < -0.4 is 11.2 Å². The zero-order valence-electron chi connectivity index (χ0n) is 10.4. The van der Waals surface area contributed by atoms with Crippen LogP contribution in [0, 0.1) is 0 Å². The molecule has 1 aromatic rings. The summed E-state index contributed by atoms with van der Waals surface area (Å²) in [4.78, 5) is 30.2. The molecule has 8 nitrogen and oxygen atoms in total. The Hall–Kier alpha value is -2.16. The molecule has 19 heavy (non-hydrogen) atoms. The molecule has 1 unspecified atom stereocenters. The molecule has 0 saturated heterocycles. The highest BCUT2D eigenvalue weighted by atomic mass is 32.2. The number of primary amides is 1. The van der Waals surface area contributed by atoms with Crippen LogP contribution in [-0.2, 0) is 9.53 Å². The number of rotatable bonds is 5. The molecule has 0 aliphatic rings. The maximum atomic E-state index is 11.7. The molecule has 1 atom stereocenters. The van der Waals surface area contributed by atoms with Crippen molar-refractivity contribution in [3.8, 4) is 0 Å². The normalized spacial score (nSPS) is 12.6. The van der Waals surface area contributed by atoms with Crippen molar-refractivity contribution in [2.24, 2.45) is 10.8 Å². The number of ether oxygens (including phenoxy) is 1. The number of hydrogen-bond donors (Lipinski definition) is 2. The van der Waals surface area contributed by atoms with Gasteiger partial charge in [-0.1, -0.05) is 11.8 Å². The third-order valence-corrected chi connectivity index (χ3v) is 3.09. The summed E-state index contributed by atoms with van der Waals surface area (Å²) in [5.41, 5.74) is 7.27. The summed E-state index contributed by atoms with van der Waals surface area (Å²) in [7, 11) is 1.26.